The SMILES string of the molecule is CCCCCCCCCCCCCCCC(=O)OC(CCCCCCCCC)CCCCCCCC(=O)NCC(=O)NC(CO)C(=O)O. The molecule has 0 aromatic heterocycles. The van der Waals surface area contributed by atoms with Crippen LogP contribution in [0, 0.1) is 0 Å². The predicted molar refractivity (Wildman–Crippen MR) is 195 cm³/mol. The summed E-state index contributed by atoms with van der Waals surface area (Å²) >= 11 is 0. The molecule has 2 unspecified atom stereocenters. The van der Waals surface area contributed by atoms with Crippen LogP contribution in [0.15, 0.2) is 0 Å². The van der Waals surface area contributed by atoms with Gasteiger partial charge < -0.3 is 25.6 Å². The minimum Gasteiger partial charge on any atom is -0.480 e. The molecular weight excluding hydrogens is 608 g/mol. The van der Waals surface area contributed by atoms with Crippen LogP contribution in [0.5, 0.6) is 0 Å². The highest BCUT2D eigenvalue weighted by Gasteiger charge is 2.19. The summed E-state index contributed by atoms with van der Waals surface area (Å²) < 4.78 is 5.98. The molecular formula is C39H74N2O7. The Balaban J connectivity index is 4.16. The highest BCUT2D eigenvalue weighted by Crippen LogP contribution is 2.19. The molecule has 0 saturated heterocycles. The summed E-state index contributed by atoms with van der Waals surface area (Å²) in [6.45, 7) is 3.47. The van der Waals surface area contributed by atoms with Crippen LogP contribution in [0.3, 0.4) is 0 Å². The summed E-state index contributed by atoms with van der Waals surface area (Å²) in [5, 5.41) is 22.5. The molecule has 0 heterocycles. The van der Waals surface area contributed by atoms with Gasteiger partial charge in [0.15, 0.2) is 0 Å². The maximum absolute atomic E-state index is 12.7. The van der Waals surface area contributed by atoms with Crippen LogP contribution in [-0.4, -0.2) is 59.3 Å². The minimum atomic E-state index is -1.38. The average Bonchev–Trinajstić information content (AvgIpc) is 3.07. The van der Waals surface area contributed by atoms with E-state index >= 15 is 0 Å². The van der Waals surface area contributed by atoms with E-state index < -0.39 is 24.5 Å². The number of ether oxygens (including phenoxy) is 1. The number of nitrogens with one attached hydrogen (secondary N) is 2. The second-order valence-corrected chi connectivity index (χ2v) is 13.7. The maximum atomic E-state index is 12.7. The zero-order chi connectivity index (χ0) is 35.5. The Morgan fingerprint density at radius 1 is 0.542 bits per heavy atom. The molecule has 4 N–H and O–H groups in total. The topological polar surface area (TPSA) is 142 Å². The number of hydrogen-bond donors (Lipinski definition) is 4. The third-order valence-corrected chi connectivity index (χ3v) is 9.10. The zero-order valence-corrected chi connectivity index (χ0v) is 31.0. The molecule has 0 aliphatic carbocycles. The number of unbranched alkanes of at least 4 members (excludes halogenated alkanes) is 22. The lowest BCUT2D eigenvalue weighted by Crippen LogP contribution is -2.47. The van der Waals surface area contributed by atoms with Crippen molar-refractivity contribution >= 4 is 23.8 Å². The molecule has 0 aliphatic rings. The minimum absolute atomic E-state index is 0.00130. The van der Waals surface area contributed by atoms with Gasteiger partial charge in [-0.05, 0) is 38.5 Å². The quantitative estimate of drug-likeness (QED) is 0.0382. The summed E-state index contributed by atoms with van der Waals surface area (Å²) in [6, 6.07) is -1.38. The van der Waals surface area contributed by atoms with Gasteiger partial charge in [-0.25, -0.2) is 4.79 Å². The highest BCUT2D eigenvalue weighted by atomic mass is 16.5. The van der Waals surface area contributed by atoms with Crippen molar-refractivity contribution in [3.8, 4) is 0 Å². The average molecular weight is 683 g/mol. The molecule has 9 heteroatoms. The van der Waals surface area contributed by atoms with Gasteiger partial charge in [0.1, 0.15) is 12.1 Å². The van der Waals surface area contributed by atoms with Crippen molar-refractivity contribution in [3.05, 3.63) is 0 Å². The lowest BCUT2D eigenvalue weighted by Gasteiger charge is -2.18. The molecule has 282 valence electrons. The first kappa shape index (κ1) is 45.8. The molecule has 48 heavy (non-hydrogen) atoms. The molecule has 2 amide bonds. The number of amides is 2. The Labute approximate surface area is 293 Å². The molecule has 0 aromatic rings. The van der Waals surface area contributed by atoms with E-state index in [1.54, 1.807) is 0 Å². The van der Waals surface area contributed by atoms with Crippen molar-refractivity contribution in [1.29, 1.82) is 0 Å². The summed E-state index contributed by atoms with van der Waals surface area (Å²) in [5.74, 6) is -2.28. The first-order valence-electron chi connectivity index (χ1n) is 19.9. The third-order valence-electron chi connectivity index (χ3n) is 9.10. The van der Waals surface area contributed by atoms with Crippen LogP contribution in [0.1, 0.15) is 200 Å². The van der Waals surface area contributed by atoms with Gasteiger partial charge in [0.25, 0.3) is 0 Å². The van der Waals surface area contributed by atoms with Crippen LogP contribution in [-0.2, 0) is 23.9 Å². The Hall–Kier alpha value is -2.16. The molecule has 0 aliphatic heterocycles. The van der Waals surface area contributed by atoms with E-state index in [0.29, 0.717) is 19.3 Å². The number of carbonyl (C=O) groups excluding carboxylic acids is 3. The first-order chi connectivity index (χ1) is 23.3. The standard InChI is InChI=1S/C39H74N2O7/c1-3-5-7-9-11-12-13-14-15-16-18-23-27-31-38(45)48-34(28-24-20-17-10-8-6-4-2)29-25-21-19-22-26-30-36(43)40-32-37(44)41-35(33-42)39(46)47/h34-35,42H,3-33H2,1-2H3,(H,40,43)(H,41,44)(H,46,47). The van der Waals surface area contributed by atoms with E-state index in [1.807, 2.05) is 0 Å². The summed E-state index contributed by atoms with van der Waals surface area (Å²) in [4.78, 5) is 47.3. The third kappa shape index (κ3) is 31.1. The molecule has 0 rings (SSSR count). The van der Waals surface area contributed by atoms with Gasteiger partial charge in [0.2, 0.25) is 11.8 Å². The van der Waals surface area contributed by atoms with Gasteiger partial charge in [-0.3, -0.25) is 14.4 Å². The van der Waals surface area contributed by atoms with Crippen molar-refractivity contribution < 1.29 is 34.1 Å². The molecule has 0 bridgehead atoms. The van der Waals surface area contributed by atoms with Gasteiger partial charge >= 0.3 is 11.9 Å². The second-order valence-electron chi connectivity index (χ2n) is 13.7. The molecule has 0 spiro atoms. The predicted octanol–water partition coefficient (Wildman–Crippen LogP) is 8.93. The van der Waals surface area contributed by atoms with Crippen LogP contribution in [0.4, 0.5) is 0 Å². The van der Waals surface area contributed by atoms with E-state index in [-0.39, 0.29) is 24.5 Å². The number of aliphatic hydroxyl groups excluding tert-OH is 1. The Kier molecular flexibility index (Phi) is 33.1. The molecule has 2 atom stereocenters. The Bertz CT molecular complexity index is 792. The van der Waals surface area contributed by atoms with E-state index in [9.17, 15) is 19.2 Å². The van der Waals surface area contributed by atoms with Crippen molar-refractivity contribution in [1.82, 2.24) is 10.6 Å². The lowest BCUT2D eigenvalue weighted by molar-refractivity contribution is -0.150. The second kappa shape index (κ2) is 34.7. The van der Waals surface area contributed by atoms with Crippen molar-refractivity contribution in [2.75, 3.05) is 13.2 Å². The van der Waals surface area contributed by atoms with Crippen molar-refractivity contribution in [2.45, 2.75) is 212 Å². The number of hydrogen-bond acceptors (Lipinski definition) is 6. The molecule has 0 aromatic carbocycles. The fraction of sp³-hybridized carbons (Fsp3) is 0.897. The van der Waals surface area contributed by atoms with Gasteiger partial charge in [-0.15, -0.1) is 0 Å². The van der Waals surface area contributed by atoms with Crippen molar-refractivity contribution in [3.63, 3.8) is 0 Å². The van der Waals surface area contributed by atoms with E-state index in [2.05, 4.69) is 24.5 Å². The number of rotatable bonds is 36. The number of carboxylic acids is 1. The van der Waals surface area contributed by atoms with E-state index in [1.165, 1.54) is 109 Å². The number of aliphatic hydroxyl groups is 1. The normalized spacial score (nSPS) is 12.4. The molecule has 0 radical (unpaired) electrons. The van der Waals surface area contributed by atoms with Crippen LogP contribution in [0.2, 0.25) is 0 Å². The van der Waals surface area contributed by atoms with Gasteiger partial charge in [-0.1, -0.05) is 149 Å². The van der Waals surface area contributed by atoms with Crippen LogP contribution < -0.4 is 10.6 Å². The largest absolute Gasteiger partial charge is 0.480 e. The summed E-state index contributed by atoms with van der Waals surface area (Å²) in [7, 11) is 0. The number of carboxylic acid groups (broad SMARTS) is 1. The van der Waals surface area contributed by atoms with E-state index in [0.717, 1.165) is 57.8 Å². The van der Waals surface area contributed by atoms with Gasteiger partial charge in [-0.2, -0.15) is 0 Å². The van der Waals surface area contributed by atoms with E-state index in [4.69, 9.17) is 14.9 Å². The molecule has 0 saturated carbocycles. The summed E-state index contributed by atoms with van der Waals surface area (Å²) in [6.07, 6.45) is 32.7. The van der Waals surface area contributed by atoms with Crippen LogP contribution in [0.25, 0.3) is 0 Å². The Morgan fingerprint density at radius 2 is 0.938 bits per heavy atom. The molecule has 0 fully saturated rings. The highest BCUT2D eigenvalue weighted by molar-refractivity contribution is 5.87. The zero-order valence-electron chi connectivity index (χ0n) is 31.0. The molecule has 9 nitrogen and oxygen atoms in total. The van der Waals surface area contributed by atoms with Gasteiger partial charge in [0, 0.05) is 12.8 Å². The summed E-state index contributed by atoms with van der Waals surface area (Å²) in [5.41, 5.74) is 0. The number of esters is 1. The maximum Gasteiger partial charge on any atom is 0.328 e. The Morgan fingerprint density at radius 3 is 1.35 bits per heavy atom. The van der Waals surface area contributed by atoms with Crippen molar-refractivity contribution in [2.24, 2.45) is 0 Å². The lowest BCUT2D eigenvalue weighted by atomic mass is 10.0. The number of aliphatic carboxylic acids is 1. The monoisotopic (exact) mass is 683 g/mol. The fourth-order valence-electron chi connectivity index (χ4n) is 6.01. The van der Waals surface area contributed by atoms with Crippen LogP contribution >= 0.6 is 0 Å². The smallest absolute Gasteiger partial charge is 0.328 e. The fourth-order valence-corrected chi connectivity index (χ4v) is 6.01. The number of carbonyl (C=O) groups is 4. The first-order valence-corrected chi connectivity index (χ1v) is 19.9. The van der Waals surface area contributed by atoms with Gasteiger partial charge in [0.05, 0.1) is 13.2 Å².